The molecule has 1 heterocycles. The van der Waals surface area contributed by atoms with E-state index in [1.54, 1.807) is 4.68 Å². The Hall–Kier alpha value is -1.17. The zero-order valence-corrected chi connectivity index (χ0v) is 9.01. The molecule has 1 aromatic rings. The van der Waals surface area contributed by atoms with Crippen LogP contribution in [-0.4, -0.2) is 44.7 Å². The van der Waals surface area contributed by atoms with Crippen molar-refractivity contribution in [2.45, 2.75) is 32.9 Å². The van der Waals surface area contributed by atoms with E-state index >= 15 is 0 Å². The van der Waals surface area contributed by atoms with E-state index in [0.717, 1.165) is 19.5 Å². The van der Waals surface area contributed by atoms with E-state index < -0.39 is 0 Å². The van der Waals surface area contributed by atoms with Crippen LogP contribution in [0.15, 0.2) is 0 Å². The highest BCUT2D eigenvalue weighted by Crippen LogP contribution is 1.98. The highest BCUT2D eigenvalue weighted by molar-refractivity contribution is 5.09. The molecule has 2 N–H and O–H groups in total. The van der Waals surface area contributed by atoms with Crippen molar-refractivity contribution < 1.29 is 0 Å². The summed E-state index contributed by atoms with van der Waals surface area (Å²) in [5.74, 6) is 0.386. The summed E-state index contributed by atoms with van der Waals surface area (Å²) < 4.78 is 1.62. The summed E-state index contributed by atoms with van der Waals surface area (Å²) in [5, 5.41) is 10.9. The van der Waals surface area contributed by atoms with Crippen LogP contribution in [0, 0.1) is 0 Å². The highest BCUT2D eigenvalue weighted by Gasteiger charge is 2.04. The minimum Gasteiger partial charge on any atom is -0.367 e. The first-order chi connectivity index (χ1) is 6.61. The monoisotopic (exact) mass is 198 g/mol. The molecule has 0 aliphatic heterocycles. The Labute approximate surface area is 84.1 Å². The topological polar surface area (TPSA) is 72.9 Å². The van der Waals surface area contributed by atoms with Crippen LogP contribution in [0.25, 0.3) is 0 Å². The summed E-state index contributed by atoms with van der Waals surface area (Å²) in [6.45, 7) is 6.14. The minimum absolute atomic E-state index is 0.386. The van der Waals surface area contributed by atoms with E-state index in [1.165, 1.54) is 0 Å². The van der Waals surface area contributed by atoms with E-state index in [4.69, 9.17) is 5.73 Å². The second-order valence-electron chi connectivity index (χ2n) is 3.69. The molecule has 1 rings (SSSR count). The number of nitrogens with zero attached hydrogens (tertiary/aromatic N) is 5. The first-order valence-electron chi connectivity index (χ1n) is 4.83. The van der Waals surface area contributed by atoms with Crippen LogP contribution < -0.4 is 5.73 Å². The average molecular weight is 198 g/mol. The van der Waals surface area contributed by atoms with Gasteiger partial charge in [0.25, 0.3) is 0 Å². The number of nitrogens with two attached hydrogens (primary N) is 1. The SMILES string of the molecule is CC(C)N(C)CCCn1nnnc1N. The Bertz CT molecular complexity index is 269. The van der Waals surface area contributed by atoms with Crippen molar-refractivity contribution in [2.75, 3.05) is 19.3 Å². The van der Waals surface area contributed by atoms with Crippen LogP contribution in [-0.2, 0) is 6.54 Å². The van der Waals surface area contributed by atoms with Crippen molar-refractivity contribution in [1.29, 1.82) is 0 Å². The largest absolute Gasteiger partial charge is 0.367 e. The number of aromatic nitrogens is 4. The molecule has 0 unspecified atom stereocenters. The van der Waals surface area contributed by atoms with Crippen LogP contribution in [0.3, 0.4) is 0 Å². The molecule has 0 spiro atoms. The molecule has 14 heavy (non-hydrogen) atoms. The molecule has 0 aromatic carbocycles. The molecule has 0 aliphatic carbocycles. The number of rotatable bonds is 5. The van der Waals surface area contributed by atoms with Gasteiger partial charge in [-0.25, -0.2) is 4.68 Å². The molecule has 0 amide bonds. The molecule has 6 heteroatoms. The summed E-state index contributed by atoms with van der Waals surface area (Å²) in [7, 11) is 2.10. The number of tetrazole rings is 1. The summed E-state index contributed by atoms with van der Waals surface area (Å²) in [5.41, 5.74) is 5.53. The lowest BCUT2D eigenvalue weighted by Crippen LogP contribution is -2.28. The van der Waals surface area contributed by atoms with Gasteiger partial charge < -0.3 is 10.6 Å². The minimum atomic E-state index is 0.386. The van der Waals surface area contributed by atoms with E-state index in [1.807, 2.05) is 0 Å². The molecule has 80 valence electrons. The third-order valence-electron chi connectivity index (χ3n) is 2.32. The molecular formula is C8H18N6. The van der Waals surface area contributed by atoms with E-state index in [-0.39, 0.29) is 0 Å². The maximum Gasteiger partial charge on any atom is 0.240 e. The summed E-state index contributed by atoms with van der Waals surface area (Å²) in [6.07, 6.45) is 1.00. The molecule has 0 bridgehead atoms. The van der Waals surface area contributed by atoms with Gasteiger partial charge in [0.2, 0.25) is 5.95 Å². The second kappa shape index (κ2) is 4.90. The van der Waals surface area contributed by atoms with Gasteiger partial charge in [0.15, 0.2) is 0 Å². The van der Waals surface area contributed by atoms with Crippen molar-refractivity contribution in [2.24, 2.45) is 0 Å². The average Bonchev–Trinajstić information content (AvgIpc) is 2.51. The second-order valence-corrected chi connectivity index (χ2v) is 3.69. The number of hydrogen-bond acceptors (Lipinski definition) is 5. The predicted molar refractivity (Wildman–Crippen MR) is 54.6 cm³/mol. The maximum atomic E-state index is 5.53. The Kier molecular flexibility index (Phi) is 3.82. The van der Waals surface area contributed by atoms with Crippen LogP contribution >= 0.6 is 0 Å². The molecule has 1 aromatic heterocycles. The van der Waals surface area contributed by atoms with Crippen molar-refractivity contribution in [3.8, 4) is 0 Å². The van der Waals surface area contributed by atoms with E-state index in [0.29, 0.717) is 12.0 Å². The number of hydrogen-bond donors (Lipinski definition) is 1. The van der Waals surface area contributed by atoms with Crippen molar-refractivity contribution in [3.05, 3.63) is 0 Å². The molecule has 0 radical (unpaired) electrons. The van der Waals surface area contributed by atoms with Gasteiger partial charge >= 0.3 is 0 Å². The number of aryl methyl sites for hydroxylation is 1. The zero-order chi connectivity index (χ0) is 10.6. The van der Waals surface area contributed by atoms with Crippen molar-refractivity contribution in [1.82, 2.24) is 25.1 Å². The van der Waals surface area contributed by atoms with Gasteiger partial charge in [-0.3, -0.25) is 0 Å². The molecule has 0 atom stereocenters. The molecule has 6 nitrogen and oxygen atoms in total. The fourth-order valence-electron chi connectivity index (χ4n) is 1.10. The Balaban J connectivity index is 2.25. The summed E-state index contributed by atoms with van der Waals surface area (Å²) >= 11 is 0. The first kappa shape index (κ1) is 10.9. The van der Waals surface area contributed by atoms with Gasteiger partial charge in [-0.2, -0.15) is 0 Å². The van der Waals surface area contributed by atoms with Gasteiger partial charge in [0.1, 0.15) is 0 Å². The fourth-order valence-corrected chi connectivity index (χ4v) is 1.10. The van der Waals surface area contributed by atoms with Crippen molar-refractivity contribution >= 4 is 5.95 Å². The van der Waals surface area contributed by atoms with Crippen molar-refractivity contribution in [3.63, 3.8) is 0 Å². The lowest BCUT2D eigenvalue weighted by molar-refractivity contribution is 0.263. The van der Waals surface area contributed by atoms with Crippen LogP contribution in [0.4, 0.5) is 5.95 Å². The molecule has 0 fully saturated rings. The van der Waals surface area contributed by atoms with Gasteiger partial charge in [-0.15, -0.1) is 0 Å². The van der Waals surface area contributed by atoms with Gasteiger partial charge in [0.05, 0.1) is 0 Å². The van der Waals surface area contributed by atoms with E-state index in [2.05, 4.69) is 41.3 Å². The Morgan fingerprint density at radius 2 is 2.21 bits per heavy atom. The van der Waals surface area contributed by atoms with Crippen LogP contribution in [0.1, 0.15) is 20.3 Å². The fraction of sp³-hybridized carbons (Fsp3) is 0.875. The first-order valence-corrected chi connectivity index (χ1v) is 4.83. The summed E-state index contributed by atoms with van der Waals surface area (Å²) in [6, 6.07) is 0.571. The smallest absolute Gasteiger partial charge is 0.240 e. The third kappa shape index (κ3) is 2.95. The van der Waals surface area contributed by atoms with E-state index in [9.17, 15) is 0 Å². The lowest BCUT2D eigenvalue weighted by atomic mass is 10.3. The zero-order valence-electron chi connectivity index (χ0n) is 9.01. The standard InChI is InChI=1S/C8H18N6/c1-7(2)13(3)5-4-6-14-8(9)10-11-12-14/h7H,4-6H2,1-3H3,(H2,9,10,12). The maximum absolute atomic E-state index is 5.53. The molecule has 0 aliphatic rings. The van der Waals surface area contributed by atoms with Gasteiger partial charge in [-0.05, 0) is 44.3 Å². The molecular weight excluding hydrogens is 180 g/mol. The highest BCUT2D eigenvalue weighted by atomic mass is 15.6. The number of anilines is 1. The van der Waals surface area contributed by atoms with Crippen LogP contribution in [0.2, 0.25) is 0 Å². The van der Waals surface area contributed by atoms with Gasteiger partial charge in [-0.1, -0.05) is 5.10 Å². The van der Waals surface area contributed by atoms with Crippen LogP contribution in [0.5, 0.6) is 0 Å². The predicted octanol–water partition coefficient (Wildman–Crippen LogP) is -0.0144. The third-order valence-corrected chi connectivity index (χ3v) is 2.32. The van der Waals surface area contributed by atoms with Gasteiger partial charge in [0, 0.05) is 12.6 Å². The number of nitrogen functional groups attached to an aromatic ring is 1. The Morgan fingerprint density at radius 3 is 2.71 bits per heavy atom. The quantitative estimate of drug-likeness (QED) is 0.720. The normalized spacial score (nSPS) is 11.5. The molecule has 0 saturated carbocycles. The molecule has 0 saturated heterocycles. The summed E-state index contributed by atoms with van der Waals surface area (Å²) in [4.78, 5) is 2.28. The lowest BCUT2D eigenvalue weighted by Gasteiger charge is -2.20. The Morgan fingerprint density at radius 1 is 1.50 bits per heavy atom.